The zero-order valence-corrected chi connectivity index (χ0v) is 20.8. The number of ether oxygens (including phenoxy) is 3. The van der Waals surface area contributed by atoms with Gasteiger partial charge < -0.3 is 29.0 Å². The van der Waals surface area contributed by atoms with Gasteiger partial charge in [0.25, 0.3) is 5.91 Å². The van der Waals surface area contributed by atoms with Gasteiger partial charge in [0.05, 0.1) is 25.4 Å². The molecule has 3 fully saturated rings. The van der Waals surface area contributed by atoms with Gasteiger partial charge in [0.15, 0.2) is 5.79 Å². The summed E-state index contributed by atoms with van der Waals surface area (Å²) in [6.45, 7) is 11.4. The van der Waals surface area contributed by atoms with Crippen molar-refractivity contribution < 1.29 is 28.6 Å². The molecule has 3 saturated heterocycles. The fraction of sp³-hybridized carbons (Fsp3) is 0.720. The standard InChI is InChI=1S/C25H37N3O6/c1-5-32-24(31)20-17(3)21(26-18(20)4)23(30)27-10-6-19(7-11-27)16(2)22(29)28-12-8-25(9-13-28)33-14-15-34-25/h16,19,26H,5-15H2,1-4H3. The Kier molecular flexibility index (Phi) is 7.33. The number of aromatic amines is 1. The summed E-state index contributed by atoms with van der Waals surface area (Å²) in [7, 11) is 0. The lowest BCUT2D eigenvalue weighted by molar-refractivity contribution is -0.188. The van der Waals surface area contributed by atoms with Crippen molar-refractivity contribution in [3.05, 3.63) is 22.5 Å². The summed E-state index contributed by atoms with van der Waals surface area (Å²) in [5, 5.41) is 0. The van der Waals surface area contributed by atoms with Crippen molar-refractivity contribution >= 4 is 17.8 Å². The van der Waals surface area contributed by atoms with Crippen LogP contribution < -0.4 is 0 Å². The quantitative estimate of drug-likeness (QED) is 0.657. The van der Waals surface area contributed by atoms with E-state index in [0.29, 0.717) is 61.9 Å². The minimum Gasteiger partial charge on any atom is -0.462 e. The molecule has 1 aromatic heterocycles. The minimum absolute atomic E-state index is 0.0819. The van der Waals surface area contributed by atoms with E-state index in [-0.39, 0.29) is 30.3 Å². The zero-order valence-electron chi connectivity index (χ0n) is 20.8. The number of nitrogens with zero attached hydrogens (tertiary/aromatic N) is 2. The monoisotopic (exact) mass is 475 g/mol. The number of hydrogen-bond donors (Lipinski definition) is 1. The Hall–Kier alpha value is -2.39. The van der Waals surface area contributed by atoms with E-state index < -0.39 is 11.8 Å². The van der Waals surface area contributed by atoms with Gasteiger partial charge in [-0.1, -0.05) is 6.92 Å². The number of carbonyl (C=O) groups excluding carboxylic acids is 3. The molecule has 34 heavy (non-hydrogen) atoms. The highest BCUT2D eigenvalue weighted by molar-refractivity contribution is 6.00. The summed E-state index contributed by atoms with van der Waals surface area (Å²) in [6.07, 6.45) is 3.01. The van der Waals surface area contributed by atoms with Crippen LogP contribution >= 0.6 is 0 Å². The Bertz CT molecular complexity index is 917. The summed E-state index contributed by atoms with van der Waals surface area (Å²) in [6, 6.07) is 0. The Labute approximate surface area is 201 Å². The Morgan fingerprint density at radius 1 is 1.06 bits per heavy atom. The number of esters is 1. The second-order valence-corrected chi connectivity index (χ2v) is 9.70. The van der Waals surface area contributed by atoms with E-state index in [0.717, 1.165) is 25.7 Å². The van der Waals surface area contributed by atoms with Gasteiger partial charge in [0.2, 0.25) is 5.91 Å². The van der Waals surface area contributed by atoms with E-state index in [1.165, 1.54) is 0 Å². The van der Waals surface area contributed by atoms with Crippen LogP contribution in [0.15, 0.2) is 0 Å². The van der Waals surface area contributed by atoms with E-state index >= 15 is 0 Å². The third kappa shape index (κ3) is 4.73. The molecule has 0 radical (unpaired) electrons. The molecular weight excluding hydrogens is 438 g/mol. The first kappa shape index (κ1) is 24.7. The number of aryl methyl sites for hydroxylation is 1. The summed E-state index contributed by atoms with van der Waals surface area (Å²) in [4.78, 5) is 45.5. The molecule has 0 bridgehead atoms. The highest BCUT2D eigenvalue weighted by atomic mass is 16.7. The van der Waals surface area contributed by atoms with Crippen molar-refractivity contribution in [3.8, 4) is 0 Å². The van der Waals surface area contributed by atoms with Crippen molar-refractivity contribution in [2.24, 2.45) is 11.8 Å². The summed E-state index contributed by atoms with van der Waals surface area (Å²) >= 11 is 0. The number of aromatic nitrogens is 1. The first-order valence-corrected chi connectivity index (χ1v) is 12.5. The third-order valence-electron chi connectivity index (χ3n) is 7.70. The van der Waals surface area contributed by atoms with Crippen molar-refractivity contribution in [2.75, 3.05) is 46.0 Å². The van der Waals surface area contributed by atoms with Crippen molar-refractivity contribution in [1.29, 1.82) is 0 Å². The van der Waals surface area contributed by atoms with Crippen LogP contribution in [0.3, 0.4) is 0 Å². The molecule has 3 aliphatic rings. The zero-order chi connectivity index (χ0) is 24.5. The number of amides is 2. The molecule has 9 nitrogen and oxygen atoms in total. The lowest BCUT2D eigenvalue weighted by Gasteiger charge is -2.40. The van der Waals surface area contributed by atoms with E-state index in [2.05, 4.69) is 4.98 Å². The number of carbonyl (C=O) groups is 3. The van der Waals surface area contributed by atoms with Gasteiger partial charge in [-0.3, -0.25) is 9.59 Å². The van der Waals surface area contributed by atoms with Gasteiger partial charge in [0.1, 0.15) is 5.69 Å². The topological polar surface area (TPSA) is 101 Å². The molecule has 0 aromatic carbocycles. The highest BCUT2D eigenvalue weighted by Gasteiger charge is 2.42. The summed E-state index contributed by atoms with van der Waals surface area (Å²) in [5.41, 5.74) is 2.16. The number of rotatable bonds is 5. The largest absolute Gasteiger partial charge is 0.462 e. The molecule has 1 atom stereocenters. The van der Waals surface area contributed by atoms with Gasteiger partial charge in [0, 0.05) is 50.6 Å². The lowest BCUT2D eigenvalue weighted by atomic mass is 9.84. The van der Waals surface area contributed by atoms with Gasteiger partial charge in [-0.05, 0) is 45.1 Å². The maximum absolute atomic E-state index is 13.2. The van der Waals surface area contributed by atoms with Crippen LogP contribution in [0.1, 0.15) is 71.6 Å². The molecule has 1 aromatic rings. The molecule has 2 amide bonds. The molecule has 4 heterocycles. The number of H-pyrrole nitrogens is 1. The second-order valence-electron chi connectivity index (χ2n) is 9.70. The predicted octanol–water partition coefficient (Wildman–Crippen LogP) is 2.66. The average Bonchev–Trinajstić information content (AvgIpc) is 3.42. The first-order chi connectivity index (χ1) is 16.3. The number of likely N-dealkylation sites (tertiary alicyclic amines) is 2. The molecule has 1 unspecified atom stereocenters. The van der Waals surface area contributed by atoms with E-state index in [1.54, 1.807) is 20.8 Å². The van der Waals surface area contributed by atoms with Gasteiger partial charge in [-0.2, -0.15) is 0 Å². The number of piperidine rings is 2. The van der Waals surface area contributed by atoms with Crippen LogP contribution in [-0.4, -0.2) is 84.4 Å². The van der Waals surface area contributed by atoms with Crippen LogP contribution in [0, 0.1) is 25.7 Å². The fourth-order valence-electron chi connectivity index (χ4n) is 5.58. The Morgan fingerprint density at radius 3 is 2.26 bits per heavy atom. The molecule has 9 heteroatoms. The minimum atomic E-state index is -0.479. The molecule has 0 saturated carbocycles. The molecule has 0 aliphatic carbocycles. The Morgan fingerprint density at radius 2 is 1.68 bits per heavy atom. The smallest absolute Gasteiger partial charge is 0.340 e. The second kappa shape index (κ2) is 10.1. The third-order valence-corrected chi connectivity index (χ3v) is 7.70. The number of nitrogens with one attached hydrogen (secondary N) is 1. The van der Waals surface area contributed by atoms with Crippen LogP contribution in [0.25, 0.3) is 0 Å². The highest BCUT2D eigenvalue weighted by Crippen LogP contribution is 2.33. The van der Waals surface area contributed by atoms with Gasteiger partial charge >= 0.3 is 5.97 Å². The number of hydrogen-bond acceptors (Lipinski definition) is 6. The Balaban J connectivity index is 1.31. The van der Waals surface area contributed by atoms with Crippen molar-refractivity contribution in [2.45, 2.75) is 59.2 Å². The van der Waals surface area contributed by atoms with E-state index in [4.69, 9.17) is 14.2 Å². The predicted molar refractivity (Wildman–Crippen MR) is 124 cm³/mol. The van der Waals surface area contributed by atoms with Gasteiger partial charge in [-0.15, -0.1) is 0 Å². The maximum Gasteiger partial charge on any atom is 0.340 e. The molecule has 3 aliphatic heterocycles. The molecule has 4 rings (SSSR count). The fourth-order valence-corrected chi connectivity index (χ4v) is 5.58. The SMILES string of the molecule is CCOC(=O)c1c(C)[nH]c(C(=O)N2CCC(C(C)C(=O)N3CCC4(CC3)OCCO4)CC2)c1C. The van der Waals surface area contributed by atoms with E-state index in [1.807, 2.05) is 16.7 Å². The molecule has 1 spiro atoms. The maximum atomic E-state index is 13.2. The van der Waals surface area contributed by atoms with Crippen molar-refractivity contribution in [3.63, 3.8) is 0 Å². The van der Waals surface area contributed by atoms with Gasteiger partial charge in [-0.25, -0.2) is 4.79 Å². The summed E-state index contributed by atoms with van der Waals surface area (Å²) in [5.74, 6) is -0.644. The lowest BCUT2D eigenvalue weighted by Crippen LogP contribution is -2.50. The molecule has 188 valence electrons. The van der Waals surface area contributed by atoms with Crippen molar-refractivity contribution in [1.82, 2.24) is 14.8 Å². The molecular formula is C25H37N3O6. The molecule has 1 N–H and O–H groups in total. The van der Waals surface area contributed by atoms with Crippen LogP contribution in [0.2, 0.25) is 0 Å². The summed E-state index contributed by atoms with van der Waals surface area (Å²) < 4.78 is 16.7. The average molecular weight is 476 g/mol. The van der Waals surface area contributed by atoms with E-state index in [9.17, 15) is 14.4 Å². The first-order valence-electron chi connectivity index (χ1n) is 12.5. The van der Waals surface area contributed by atoms with Crippen LogP contribution in [-0.2, 0) is 19.0 Å². The van der Waals surface area contributed by atoms with Crippen LogP contribution in [0.5, 0.6) is 0 Å². The van der Waals surface area contributed by atoms with Crippen LogP contribution in [0.4, 0.5) is 0 Å². The normalized spacial score (nSPS) is 21.6.